The molecule has 1 aromatic carbocycles. The molecule has 4 rings (SSSR count). The Morgan fingerprint density at radius 3 is 2.52 bits per heavy atom. The van der Waals surface area contributed by atoms with Crippen LogP contribution in [-0.4, -0.2) is 42.1 Å². The minimum absolute atomic E-state index is 0.202. The summed E-state index contributed by atoms with van der Waals surface area (Å²) in [6.07, 6.45) is -0.777. The van der Waals surface area contributed by atoms with Gasteiger partial charge in [0.1, 0.15) is 23.9 Å². The van der Waals surface area contributed by atoms with Crippen molar-refractivity contribution >= 4 is 11.0 Å². The summed E-state index contributed by atoms with van der Waals surface area (Å²) >= 11 is 0. The van der Waals surface area contributed by atoms with Crippen molar-refractivity contribution in [1.82, 2.24) is 14.5 Å². The Bertz CT molecular complexity index is 976. The van der Waals surface area contributed by atoms with E-state index in [1.807, 2.05) is 0 Å². The molecule has 0 radical (unpaired) electrons. The molecule has 3 aromatic rings. The first kappa shape index (κ1) is 18.0. The molecule has 0 aliphatic heterocycles. The van der Waals surface area contributed by atoms with Gasteiger partial charge in [-0.2, -0.15) is 0 Å². The highest BCUT2D eigenvalue weighted by molar-refractivity contribution is 5.79. The normalized spacial score (nSPS) is 26.6. The molecule has 5 atom stereocenters. The lowest BCUT2D eigenvalue weighted by atomic mass is 9.92. The molecule has 6 nitrogen and oxygen atoms in total. The molecular weight excluding hydrogens is 356 g/mol. The Kier molecular flexibility index (Phi) is 4.41. The molecule has 2 aromatic heterocycles. The number of aromatic nitrogens is 3. The van der Waals surface area contributed by atoms with Crippen molar-refractivity contribution in [1.29, 1.82) is 0 Å². The zero-order valence-corrected chi connectivity index (χ0v) is 14.5. The number of nitrogens with zero attached hydrogens (tertiary/aromatic N) is 3. The van der Waals surface area contributed by atoms with Crippen molar-refractivity contribution < 1.29 is 24.1 Å². The average Bonchev–Trinajstić information content (AvgIpc) is 3.13. The quantitative estimate of drug-likeness (QED) is 0.652. The third-order valence-corrected chi connectivity index (χ3v) is 5.42. The Balaban J connectivity index is 1.68. The summed E-state index contributed by atoms with van der Waals surface area (Å²) in [6, 6.07) is 4.66. The first-order chi connectivity index (χ1) is 12.9. The van der Waals surface area contributed by atoms with E-state index in [0.717, 1.165) is 0 Å². The minimum Gasteiger partial charge on any atom is -0.390 e. The number of rotatable bonds is 3. The Hall–Kier alpha value is -2.42. The molecule has 2 heterocycles. The lowest BCUT2D eigenvalue weighted by Gasteiger charge is -2.22. The molecule has 1 aliphatic carbocycles. The monoisotopic (exact) mass is 375 g/mol. The van der Waals surface area contributed by atoms with Crippen LogP contribution in [0.1, 0.15) is 29.8 Å². The van der Waals surface area contributed by atoms with Crippen molar-refractivity contribution in [3.8, 4) is 0 Å². The number of hydrogen-bond acceptors (Lipinski definition) is 5. The van der Waals surface area contributed by atoms with Crippen molar-refractivity contribution in [2.75, 3.05) is 0 Å². The second-order valence-electron chi connectivity index (χ2n) is 6.99. The highest BCUT2D eigenvalue weighted by Crippen LogP contribution is 2.43. The number of halogens is 2. The maximum absolute atomic E-state index is 14.4. The fourth-order valence-corrected chi connectivity index (χ4v) is 3.98. The molecule has 142 valence electrons. The van der Waals surface area contributed by atoms with Gasteiger partial charge >= 0.3 is 0 Å². The second-order valence-corrected chi connectivity index (χ2v) is 6.99. The van der Waals surface area contributed by atoms with E-state index in [4.69, 9.17) is 0 Å². The standard InChI is InChI=1S/C19H19F2N3O3/c1-9-15-13(21)7-24(19(15)23-8-22-9)14-6-12(17(26)18(14)27)16(25)10-2-4-11(20)5-3-10/h2-5,7-8,12,14,16-18,25-27H,6H2,1H3/t12?,14?,16?,17-,18+/m1/s1. The Morgan fingerprint density at radius 2 is 1.81 bits per heavy atom. The van der Waals surface area contributed by atoms with Crippen LogP contribution in [0.2, 0.25) is 0 Å². The van der Waals surface area contributed by atoms with E-state index >= 15 is 0 Å². The molecule has 0 spiro atoms. The zero-order valence-electron chi connectivity index (χ0n) is 14.5. The van der Waals surface area contributed by atoms with Crippen molar-refractivity contribution in [3.63, 3.8) is 0 Å². The number of fused-ring (bicyclic) bond motifs is 1. The zero-order chi connectivity index (χ0) is 19.3. The van der Waals surface area contributed by atoms with E-state index in [1.165, 1.54) is 41.4 Å². The van der Waals surface area contributed by atoms with Crippen LogP contribution in [0.15, 0.2) is 36.8 Å². The van der Waals surface area contributed by atoms with Crippen LogP contribution >= 0.6 is 0 Å². The van der Waals surface area contributed by atoms with Gasteiger partial charge in [-0.15, -0.1) is 0 Å². The van der Waals surface area contributed by atoms with Gasteiger partial charge in [-0.25, -0.2) is 18.7 Å². The summed E-state index contributed by atoms with van der Waals surface area (Å²) in [5.74, 6) is -1.63. The van der Waals surface area contributed by atoms with Gasteiger partial charge in [-0.3, -0.25) is 0 Å². The largest absolute Gasteiger partial charge is 0.390 e. The number of aliphatic hydroxyl groups excluding tert-OH is 3. The van der Waals surface area contributed by atoms with Gasteiger partial charge in [0.25, 0.3) is 0 Å². The average molecular weight is 375 g/mol. The lowest BCUT2D eigenvalue weighted by Crippen LogP contribution is -2.31. The molecular formula is C19H19F2N3O3. The summed E-state index contributed by atoms with van der Waals surface area (Å²) in [5.41, 5.74) is 1.25. The van der Waals surface area contributed by atoms with Gasteiger partial charge in [0.15, 0.2) is 5.82 Å². The highest BCUT2D eigenvalue weighted by Gasteiger charge is 2.46. The third kappa shape index (κ3) is 2.90. The Labute approximate surface area is 153 Å². The van der Waals surface area contributed by atoms with Gasteiger partial charge in [-0.05, 0) is 31.0 Å². The molecule has 3 unspecified atom stereocenters. The highest BCUT2D eigenvalue weighted by atomic mass is 19.1. The van der Waals surface area contributed by atoms with Gasteiger partial charge in [-0.1, -0.05) is 12.1 Å². The van der Waals surface area contributed by atoms with Crippen LogP contribution in [0.5, 0.6) is 0 Å². The molecule has 0 saturated heterocycles. The van der Waals surface area contributed by atoms with Crippen LogP contribution in [-0.2, 0) is 0 Å². The molecule has 0 bridgehead atoms. The number of hydrogen-bond donors (Lipinski definition) is 3. The summed E-state index contributed by atoms with van der Waals surface area (Å²) < 4.78 is 29.0. The van der Waals surface area contributed by atoms with Gasteiger partial charge in [0.05, 0.1) is 29.3 Å². The molecule has 1 aliphatic rings. The van der Waals surface area contributed by atoms with Gasteiger partial charge in [0.2, 0.25) is 0 Å². The van der Waals surface area contributed by atoms with Crippen LogP contribution in [0.3, 0.4) is 0 Å². The first-order valence-corrected chi connectivity index (χ1v) is 8.65. The van der Waals surface area contributed by atoms with Crippen LogP contribution < -0.4 is 0 Å². The third-order valence-electron chi connectivity index (χ3n) is 5.42. The predicted octanol–water partition coefficient (Wildman–Crippen LogP) is 2.03. The van der Waals surface area contributed by atoms with E-state index < -0.39 is 41.9 Å². The smallest absolute Gasteiger partial charge is 0.152 e. The van der Waals surface area contributed by atoms with Crippen molar-refractivity contribution in [3.05, 3.63) is 59.7 Å². The molecule has 1 saturated carbocycles. The fraction of sp³-hybridized carbons (Fsp3) is 0.368. The molecule has 0 amide bonds. The first-order valence-electron chi connectivity index (χ1n) is 8.65. The summed E-state index contributed by atoms with van der Waals surface area (Å²) in [7, 11) is 0. The summed E-state index contributed by atoms with van der Waals surface area (Å²) in [6.45, 7) is 1.67. The van der Waals surface area contributed by atoms with Crippen LogP contribution in [0, 0.1) is 24.5 Å². The minimum atomic E-state index is -1.22. The van der Waals surface area contributed by atoms with Crippen LogP contribution in [0.25, 0.3) is 11.0 Å². The maximum atomic E-state index is 14.4. The van der Waals surface area contributed by atoms with Gasteiger partial charge < -0.3 is 19.9 Å². The second kappa shape index (κ2) is 6.63. The van der Waals surface area contributed by atoms with Crippen molar-refractivity contribution in [2.45, 2.75) is 37.7 Å². The SMILES string of the molecule is Cc1ncnc2c1c(F)cn2C1CC(C(O)c2ccc(F)cc2)[C@@H](O)[C@H]1O. The van der Waals surface area contributed by atoms with E-state index in [1.54, 1.807) is 6.92 Å². The topological polar surface area (TPSA) is 91.4 Å². The summed E-state index contributed by atoms with van der Waals surface area (Å²) in [5, 5.41) is 31.9. The molecule has 3 N–H and O–H groups in total. The lowest BCUT2D eigenvalue weighted by molar-refractivity contribution is -0.0265. The van der Waals surface area contributed by atoms with Crippen LogP contribution in [0.4, 0.5) is 8.78 Å². The van der Waals surface area contributed by atoms with E-state index in [9.17, 15) is 24.1 Å². The van der Waals surface area contributed by atoms with Crippen molar-refractivity contribution in [2.24, 2.45) is 5.92 Å². The van der Waals surface area contributed by atoms with E-state index in [-0.39, 0.29) is 11.8 Å². The maximum Gasteiger partial charge on any atom is 0.152 e. The molecule has 8 heteroatoms. The fourth-order valence-electron chi connectivity index (χ4n) is 3.98. The summed E-state index contributed by atoms with van der Waals surface area (Å²) in [4.78, 5) is 8.10. The number of aliphatic hydroxyl groups is 3. The van der Waals surface area contributed by atoms with Gasteiger partial charge in [0, 0.05) is 12.1 Å². The van der Waals surface area contributed by atoms with E-state index in [2.05, 4.69) is 9.97 Å². The molecule has 1 fully saturated rings. The van der Waals surface area contributed by atoms with E-state index in [0.29, 0.717) is 16.9 Å². The molecule has 27 heavy (non-hydrogen) atoms. The number of benzene rings is 1. The number of aryl methyl sites for hydroxylation is 1. The predicted molar refractivity (Wildman–Crippen MR) is 92.7 cm³/mol. The Morgan fingerprint density at radius 1 is 1.11 bits per heavy atom.